The minimum Gasteiger partial charge on any atom is -0.327 e. The number of rotatable bonds is 3. The van der Waals surface area contributed by atoms with Crippen LogP contribution in [0.25, 0.3) is 11.4 Å². The molecule has 0 radical (unpaired) electrons. The highest BCUT2D eigenvalue weighted by atomic mass is 127. The summed E-state index contributed by atoms with van der Waals surface area (Å²) in [6.07, 6.45) is 3.75. The topological polar surface area (TPSA) is 17.8 Å². The van der Waals surface area contributed by atoms with E-state index in [0.29, 0.717) is 16.6 Å². The van der Waals surface area contributed by atoms with Crippen molar-refractivity contribution in [2.24, 2.45) is 0 Å². The van der Waals surface area contributed by atoms with Crippen LogP contribution in [-0.2, 0) is 6.54 Å². The lowest BCUT2D eigenvalue weighted by Gasteiger charge is -2.10. The van der Waals surface area contributed by atoms with E-state index < -0.39 is 0 Å². The molecule has 1 heterocycles. The molecule has 0 bridgehead atoms. The molecule has 0 fully saturated rings. The van der Waals surface area contributed by atoms with Gasteiger partial charge in [0.2, 0.25) is 0 Å². The van der Waals surface area contributed by atoms with Gasteiger partial charge in [0, 0.05) is 31.6 Å². The van der Waals surface area contributed by atoms with Gasteiger partial charge < -0.3 is 4.57 Å². The van der Waals surface area contributed by atoms with E-state index in [-0.39, 0.29) is 0 Å². The number of hydrogen-bond acceptors (Lipinski definition) is 1. The lowest BCUT2D eigenvalue weighted by Crippen LogP contribution is -2.01. The molecule has 0 unspecified atom stereocenters. The van der Waals surface area contributed by atoms with E-state index in [4.69, 9.17) is 23.2 Å². The lowest BCUT2D eigenvalue weighted by molar-refractivity contribution is 0.807. The fourth-order valence-corrected chi connectivity index (χ4v) is 2.88. The van der Waals surface area contributed by atoms with Crippen molar-refractivity contribution >= 4 is 45.8 Å². The third-order valence-corrected chi connectivity index (χ3v) is 4.49. The summed E-state index contributed by atoms with van der Waals surface area (Å²) in [6, 6.07) is 13.8. The zero-order chi connectivity index (χ0) is 14.8. The van der Waals surface area contributed by atoms with Crippen molar-refractivity contribution in [3.05, 3.63) is 74.0 Å². The van der Waals surface area contributed by atoms with Crippen LogP contribution >= 0.6 is 45.8 Å². The van der Waals surface area contributed by atoms with E-state index in [1.54, 1.807) is 12.3 Å². The molecule has 0 aliphatic rings. The van der Waals surface area contributed by atoms with Gasteiger partial charge in [-0.15, -0.1) is 0 Å². The predicted octanol–water partition coefficient (Wildman–Crippen LogP) is 5.51. The summed E-state index contributed by atoms with van der Waals surface area (Å²) in [5.41, 5.74) is 2.06. The van der Waals surface area contributed by atoms with Gasteiger partial charge in [-0.25, -0.2) is 4.98 Å². The SMILES string of the molecule is Clc1ccc(Cl)c(Cn2ccnc2-c2ccc(I)cc2)c1. The van der Waals surface area contributed by atoms with Crippen LogP contribution in [0.1, 0.15) is 5.56 Å². The molecule has 0 atom stereocenters. The zero-order valence-corrected chi connectivity index (χ0v) is 14.6. The first-order valence-corrected chi connectivity index (χ1v) is 8.18. The highest BCUT2D eigenvalue weighted by Crippen LogP contribution is 2.24. The van der Waals surface area contributed by atoms with Gasteiger partial charge in [-0.1, -0.05) is 35.3 Å². The number of hydrogen-bond donors (Lipinski definition) is 0. The Bertz CT molecular complexity index is 766. The average Bonchev–Trinajstić information content (AvgIpc) is 2.92. The molecule has 1 aromatic heterocycles. The van der Waals surface area contributed by atoms with Crippen molar-refractivity contribution in [1.29, 1.82) is 0 Å². The second-order valence-corrected chi connectivity index (χ2v) is 6.71. The first kappa shape index (κ1) is 14.9. The summed E-state index contributed by atoms with van der Waals surface area (Å²) in [7, 11) is 0. The maximum absolute atomic E-state index is 6.24. The molecule has 0 saturated heterocycles. The number of aromatic nitrogens is 2. The van der Waals surface area contributed by atoms with E-state index in [1.165, 1.54) is 3.57 Å². The van der Waals surface area contributed by atoms with E-state index in [1.807, 2.05) is 18.3 Å². The molecule has 0 spiro atoms. The Morgan fingerprint density at radius 1 is 1.05 bits per heavy atom. The molecule has 3 rings (SSSR count). The number of imidazole rings is 1. The van der Waals surface area contributed by atoms with E-state index in [2.05, 4.69) is 56.4 Å². The summed E-state index contributed by atoms with van der Waals surface area (Å²) < 4.78 is 3.27. The largest absolute Gasteiger partial charge is 0.327 e. The number of halogens is 3. The van der Waals surface area contributed by atoms with E-state index in [0.717, 1.165) is 17.0 Å². The summed E-state index contributed by atoms with van der Waals surface area (Å²) in [5, 5.41) is 1.40. The standard InChI is InChI=1S/C16H11Cl2IN2/c17-13-3-6-15(18)12(9-13)10-21-8-7-20-16(21)11-1-4-14(19)5-2-11/h1-9H,10H2. The fourth-order valence-electron chi connectivity index (χ4n) is 2.14. The van der Waals surface area contributed by atoms with Gasteiger partial charge in [-0.05, 0) is 58.5 Å². The van der Waals surface area contributed by atoms with Crippen LogP contribution in [0.3, 0.4) is 0 Å². The number of nitrogens with zero attached hydrogens (tertiary/aromatic N) is 2. The molecule has 106 valence electrons. The second-order valence-electron chi connectivity index (χ2n) is 4.62. The van der Waals surface area contributed by atoms with Gasteiger partial charge in [0.15, 0.2) is 0 Å². The van der Waals surface area contributed by atoms with Crippen molar-refractivity contribution in [2.75, 3.05) is 0 Å². The molecular formula is C16H11Cl2IN2. The molecule has 2 aromatic carbocycles. The molecule has 21 heavy (non-hydrogen) atoms. The Morgan fingerprint density at radius 3 is 2.57 bits per heavy atom. The Hall–Kier alpha value is -1.04. The summed E-state index contributed by atoms with van der Waals surface area (Å²) in [5.74, 6) is 0.919. The van der Waals surface area contributed by atoms with Crippen LogP contribution < -0.4 is 0 Å². The van der Waals surface area contributed by atoms with E-state index in [9.17, 15) is 0 Å². The first-order valence-electron chi connectivity index (χ1n) is 6.34. The van der Waals surface area contributed by atoms with Crippen LogP contribution in [0.4, 0.5) is 0 Å². The van der Waals surface area contributed by atoms with Crippen LogP contribution in [-0.4, -0.2) is 9.55 Å². The van der Waals surface area contributed by atoms with Crippen molar-refractivity contribution in [2.45, 2.75) is 6.54 Å². The Labute approximate surface area is 146 Å². The van der Waals surface area contributed by atoms with Crippen LogP contribution in [0.15, 0.2) is 54.9 Å². The van der Waals surface area contributed by atoms with Gasteiger partial charge in [-0.2, -0.15) is 0 Å². The van der Waals surface area contributed by atoms with Crippen molar-refractivity contribution in [3.63, 3.8) is 0 Å². The van der Waals surface area contributed by atoms with Crippen molar-refractivity contribution < 1.29 is 0 Å². The van der Waals surface area contributed by atoms with Crippen molar-refractivity contribution in [3.8, 4) is 11.4 Å². The minimum absolute atomic E-state index is 0.640. The molecule has 2 nitrogen and oxygen atoms in total. The van der Waals surface area contributed by atoms with Crippen molar-refractivity contribution in [1.82, 2.24) is 9.55 Å². The normalized spacial score (nSPS) is 10.8. The maximum Gasteiger partial charge on any atom is 0.140 e. The molecule has 5 heteroatoms. The number of benzene rings is 2. The Kier molecular flexibility index (Phi) is 4.52. The smallest absolute Gasteiger partial charge is 0.140 e. The van der Waals surface area contributed by atoms with Gasteiger partial charge in [-0.3, -0.25) is 0 Å². The summed E-state index contributed by atoms with van der Waals surface area (Å²) in [6.45, 7) is 0.640. The monoisotopic (exact) mass is 428 g/mol. The zero-order valence-electron chi connectivity index (χ0n) is 10.9. The van der Waals surface area contributed by atoms with Gasteiger partial charge in [0.25, 0.3) is 0 Å². The third-order valence-electron chi connectivity index (χ3n) is 3.17. The van der Waals surface area contributed by atoms with Gasteiger partial charge in [0.05, 0.1) is 6.54 Å². The average molecular weight is 429 g/mol. The summed E-state index contributed by atoms with van der Waals surface area (Å²) >= 11 is 14.6. The van der Waals surface area contributed by atoms with E-state index >= 15 is 0 Å². The molecule has 0 aliphatic heterocycles. The highest BCUT2D eigenvalue weighted by Gasteiger charge is 2.08. The van der Waals surface area contributed by atoms with Crippen LogP contribution in [0.2, 0.25) is 10.0 Å². The second kappa shape index (κ2) is 6.38. The molecule has 0 aliphatic carbocycles. The van der Waals surface area contributed by atoms with Crippen LogP contribution in [0, 0.1) is 3.57 Å². The lowest BCUT2D eigenvalue weighted by atomic mass is 10.2. The molecule has 0 saturated carbocycles. The molecule has 0 amide bonds. The Balaban J connectivity index is 1.96. The highest BCUT2D eigenvalue weighted by molar-refractivity contribution is 14.1. The minimum atomic E-state index is 0.640. The maximum atomic E-state index is 6.24. The van der Waals surface area contributed by atoms with Gasteiger partial charge >= 0.3 is 0 Å². The van der Waals surface area contributed by atoms with Gasteiger partial charge in [0.1, 0.15) is 5.82 Å². The molecule has 0 N–H and O–H groups in total. The van der Waals surface area contributed by atoms with Crippen LogP contribution in [0.5, 0.6) is 0 Å². The predicted molar refractivity (Wildman–Crippen MR) is 95.9 cm³/mol. The third kappa shape index (κ3) is 3.42. The first-order chi connectivity index (χ1) is 10.1. The summed E-state index contributed by atoms with van der Waals surface area (Å²) in [4.78, 5) is 4.45. The molecular weight excluding hydrogens is 418 g/mol. The fraction of sp³-hybridized carbons (Fsp3) is 0.0625. The molecule has 3 aromatic rings. The Morgan fingerprint density at radius 2 is 1.81 bits per heavy atom. The quantitative estimate of drug-likeness (QED) is 0.503.